The van der Waals surface area contributed by atoms with Crippen molar-refractivity contribution in [2.24, 2.45) is 0 Å². The molecule has 0 atom stereocenters. The molecular weight excluding hydrogens is 248 g/mol. The maximum Gasteiger partial charge on any atom is 0.197 e. The van der Waals surface area contributed by atoms with Crippen LogP contribution in [0.3, 0.4) is 0 Å². The lowest BCUT2D eigenvalue weighted by Gasteiger charge is -2.06. The normalized spacial score (nSPS) is 11.0. The number of aromatic hydroxyl groups is 1. The number of hydrogen-bond acceptors (Lipinski definition) is 2. The van der Waals surface area contributed by atoms with E-state index in [-0.39, 0.29) is 5.88 Å². The third kappa shape index (κ3) is 1.56. The van der Waals surface area contributed by atoms with Crippen LogP contribution in [-0.2, 0) is 0 Å². The number of fused-ring (bicyclic) bond motifs is 1. The molecule has 3 rings (SSSR count). The molecule has 3 nitrogen and oxygen atoms in total. The van der Waals surface area contributed by atoms with Crippen LogP contribution in [0.4, 0.5) is 0 Å². The average Bonchev–Trinajstić information content (AvgIpc) is 2.69. The van der Waals surface area contributed by atoms with Crippen LogP contribution < -0.4 is 0 Å². The smallest absolute Gasteiger partial charge is 0.197 e. The number of aryl methyl sites for hydroxylation is 1. The van der Waals surface area contributed by atoms with Crippen LogP contribution in [0.1, 0.15) is 5.56 Å². The van der Waals surface area contributed by atoms with Crippen LogP contribution >= 0.6 is 11.6 Å². The van der Waals surface area contributed by atoms with Crippen LogP contribution in [0.25, 0.3) is 16.9 Å². The molecular formula is C14H11ClN2O. The Morgan fingerprint density at radius 2 is 1.89 bits per heavy atom. The van der Waals surface area contributed by atoms with Gasteiger partial charge in [0, 0.05) is 5.56 Å². The Bertz CT molecular complexity index is 734. The van der Waals surface area contributed by atoms with Gasteiger partial charge in [-0.05, 0) is 24.6 Å². The Labute approximate surface area is 109 Å². The van der Waals surface area contributed by atoms with E-state index in [1.807, 2.05) is 37.3 Å². The molecule has 0 amide bonds. The topological polar surface area (TPSA) is 37.5 Å². The highest BCUT2D eigenvalue weighted by Crippen LogP contribution is 2.30. The van der Waals surface area contributed by atoms with Crippen LogP contribution in [0, 0.1) is 6.92 Å². The van der Waals surface area contributed by atoms with E-state index in [4.69, 9.17) is 11.6 Å². The summed E-state index contributed by atoms with van der Waals surface area (Å²) in [4.78, 5) is 4.35. The zero-order valence-electron chi connectivity index (χ0n) is 9.76. The number of benzene rings is 1. The third-order valence-electron chi connectivity index (χ3n) is 2.98. The number of halogens is 1. The second-order valence-electron chi connectivity index (χ2n) is 4.15. The Balaban J connectivity index is 2.41. The first-order chi connectivity index (χ1) is 8.68. The van der Waals surface area contributed by atoms with Crippen molar-refractivity contribution in [1.29, 1.82) is 0 Å². The highest BCUT2D eigenvalue weighted by Gasteiger charge is 2.14. The van der Waals surface area contributed by atoms with Gasteiger partial charge in [0.25, 0.3) is 0 Å². The summed E-state index contributed by atoms with van der Waals surface area (Å²) in [5.41, 5.74) is 2.75. The van der Waals surface area contributed by atoms with Crippen molar-refractivity contribution < 1.29 is 5.11 Å². The molecule has 0 saturated heterocycles. The standard InChI is InChI=1S/C14H11ClN2O/c1-9-5-2-3-6-10(9)14-16-13(15)11-7-4-8-12(18)17(11)14/h2-8,18H,1H3. The number of imidazole rings is 1. The number of aromatic nitrogens is 2. The SMILES string of the molecule is Cc1ccccc1-c1nc(Cl)c2cccc(O)n12. The van der Waals surface area contributed by atoms with Crippen LogP contribution in [-0.4, -0.2) is 14.5 Å². The second kappa shape index (κ2) is 4.03. The minimum atomic E-state index is 0.130. The molecule has 0 radical (unpaired) electrons. The van der Waals surface area contributed by atoms with Crippen LogP contribution in [0.5, 0.6) is 5.88 Å². The summed E-state index contributed by atoms with van der Waals surface area (Å²) in [6, 6.07) is 13.1. The molecule has 2 aromatic heterocycles. The molecule has 4 heteroatoms. The lowest BCUT2D eigenvalue weighted by Crippen LogP contribution is -1.92. The zero-order chi connectivity index (χ0) is 12.7. The maximum atomic E-state index is 9.98. The lowest BCUT2D eigenvalue weighted by molar-refractivity contribution is 0.447. The number of rotatable bonds is 1. The maximum absolute atomic E-state index is 9.98. The van der Waals surface area contributed by atoms with Gasteiger partial charge in [-0.1, -0.05) is 41.9 Å². The van der Waals surface area contributed by atoms with Crippen molar-refractivity contribution in [3.8, 4) is 17.3 Å². The quantitative estimate of drug-likeness (QED) is 0.723. The molecule has 0 unspecified atom stereocenters. The molecule has 0 aliphatic carbocycles. The summed E-state index contributed by atoms with van der Waals surface area (Å²) in [6.07, 6.45) is 0. The highest BCUT2D eigenvalue weighted by atomic mass is 35.5. The molecule has 2 heterocycles. The molecule has 3 aromatic rings. The van der Waals surface area contributed by atoms with Crippen molar-refractivity contribution in [1.82, 2.24) is 9.38 Å². The molecule has 0 aliphatic rings. The summed E-state index contributed by atoms with van der Waals surface area (Å²) in [7, 11) is 0. The van der Waals surface area contributed by atoms with Gasteiger partial charge < -0.3 is 5.11 Å². The summed E-state index contributed by atoms with van der Waals surface area (Å²) in [5.74, 6) is 0.788. The molecule has 1 aromatic carbocycles. The predicted octanol–water partition coefficient (Wildman–Crippen LogP) is 3.67. The highest BCUT2D eigenvalue weighted by molar-refractivity contribution is 6.33. The lowest BCUT2D eigenvalue weighted by atomic mass is 10.1. The van der Waals surface area contributed by atoms with Crippen molar-refractivity contribution in [3.05, 3.63) is 53.2 Å². The third-order valence-corrected chi connectivity index (χ3v) is 3.26. The fourth-order valence-corrected chi connectivity index (χ4v) is 2.31. The number of hydrogen-bond donors (Lipinski definition) is 1. The Hall–Kier alpha value is -2.00. The molecule has 0 aliphatic heterocycles. The van der Waals surface area contributed by atoms with Gasteiger partial charge in [-0.25, -0.2) is 4.98 Å². The van der Waals surface area contributed by atoms with Gasteiger partial charge in [0.05, 0.1) is 5.52 Å². The van der Waals surface area contributed by atoms with Gasteiger partial charge in [0.15, 0.2) is 11.0 Å². The minimum absolute atomic E-state index is 0.130. The van der Waals surface area contributed by atoms with Gasteiger partial charge in [0.1, 0.15) is 5.82 Å². The van der Waals surface area contributed by atoms with E-state index in [0.717, 1.165) is 11.1 Å². The number of pyridine rings is 1. The molecule has 0 fully saturated rings. The summed E-state index contributed by atoms with van der Waals surface area (Å²) in [5, 5.41) is 10.4. The largest absolute Gasteiger partial charge is 0.494 e. The zero-order valence-corrected chi connectivity index (χ0v) is 10.5. The average molecular weight is 259 g/mol. The molecule has 0 spiro atoms. The molecule has 1 N–H and O–H groups in total. The molecule has 90 valence electrons. The first-order valence-corrected chi connectivity index (χ1v) is 5.98. The van der Waals surface area contributed by atoms with E-state index in [1.165, 1.54) is 0 Å². The van der Waals surface area contributed by atoms with Crippen LogP contribution in [0.2, 0.25) is 5.15 Å². The summed E-state index contributed by atoms with van der Waals surface area (Å²) in [6.45, 7) is 2.00. The van der Waals surface area contributed by atoms with E-state index >= 15 is 0 Å². The first-order valence-electron chi connectivity index (χ1n) is 5.60. The van der Waals surface area contributed by atoms with Gasteiger partial charge in [-0.15, -0.1) is 0 Å². The monoisotopic (exact) mass is 258 g/mol. The Morgan fingerprint density at radius 3 is 2.67 bits per heavy atom. The fourth-order valence-electron chi connectivity index (χ4n) is 2.09. The molecule has 0 bridgehead atoms. The van der Waals surface area contributed by atoms with E-state index in [9.17, 15) is 5.11 Å². The second-order valence-corrected chi connectivity index (χ2v) is 4.50. The van der Waals surface area contributed by atoms with Crippen molar-refractivity contribution in [2.45, 2.75) is 6.92 Å². The van der Waals surface area contributed by atoms with Gasteiger partial charge in [-0.2, -0.15) is 0 Å². The summed E-state index contributed by atoms with van der Waals surface area (Å²) < 4.78 is 1.66. The van der Waals surface area contributed by atoms with Crippen molar-refractivity contribution >= 4 is 17.1 Å². The van der Waals surface area contributed by atoms with Crippen molar-refractivity contribution in [2.75, 3.05) is 0 Å². The first kappa shape index (κ1) is 11.1. The van der Waals surface area contributed by atoms with E-state index in [1.54, 1.807) is 16.5 Å². The Morgan fingerprint density at radius 1 is 1.11 bits per heavy atom. The molecule has 0 saturated carbocycles. The van der Waals surface area contributed by atoms with E-state index < -0.39 is 0 Å². The fraction of sp³-hybridized carbons (Fsp3) is 0.0714. The van der Waals surface area contributed by atoms with Gasteiger partial charge in [-0.3, -0.25) is 4.40 Å². The van der Waals surface area contributed by atoms with E-state index in [0.29, 0.717) is 16.5 Å². The predicted molar refractivity (Wildman–Crippen MR) is 72.0 cm³/mol. The van der Waals surface area contributed by atoms with Gasteiger partial charge >= 0.3 is 0 Å². The Kier molecular flexibility index (Phi) is 2.49. The van der Waals surface area contributed by atoms with Crippen LogP contribution in [0.15, 0.2) is 42.5 Å². The van der Waals surface area contributed by atoms with Crippen molar-refractivity contribution in [3.63, 3.8) is 0 Å². The van der Waals surface area contributed by atoms with E-state index in [2.05, 4.69) is 4.98 Å². The minimum Gasteiger partial charge on any atom is -0.494 e. The molecule has 18 heavy (non-hydrogen) atoms. The van der Waals surface area contributed by atoms with Gasteiger partial charge in [0.2, 0.25) is 0 Å². The number of nitrogens with zero attached hydrogens (tertiary/aromatic N) is 2. The summed E-state index contributed by atoms with van der Waals surface area (Å²) >= 11 is 6.11.